The van der Waals surface area contributed by atoms with Crippen molar-refractivity contribution in [3.8, 4) is 17.0 Å². The van der Waals surface area contributed by atoms with Gasteiger partial charge in [0.2, 0.25) is 0 Å². The number of H-pyrrole nitrogens is 1. The summed E-state index contributed by atoms with van der Waals surface area (Å²) in [6, 6.07) is 12.4. The van der Waals surface area contributed by atoms with E-state index < -0.39 is 11.7 Å². The number of nitrogens with two attached hydrogens (primary N) is 1. The number of nitrogens with one attached hydrogen (secondary N) is 2. The fourth-order valence-electron chi connectivity index (χ4n) is 4.18. The van der Waals surface area contributed by atoms with E-state index in [-0.39, 0.29) is 5.75 Å². The summed E-state index contributed by atoms with van der Waals surface area (Å²) in [7, 11) is 5.16. The molecule has 2 aromatic carbocycles. The summed E-state index contributed by atoms with van der Waals surface area (Å²) in [4.78, 5) is 22.6. The van der Waals surface area contributed by atoms with Crippen LogP contribution < -0.4 is 20.7 Å². The van der Waals surface area contributed by atoms with Crippen LogP contribution in [-0.4, -0.2) is 50.2 Å². The molecular formula is C25H28FN5O2. The van der Waals surface area contributed by atoms with Crippen LogP contribution in [0.5, 0.6) is 5.75 Å². The van der Waals surface area contributed by atoms with Crippen LogP contribution in [0.25, 0.3) is 33.2 Å². The lowest BCUT2D eigenvalue weighted by Crippen LogP contribution is -2.17. The summed E-state index contributed by atoms with van der Waals surface area (Å²) >= 11 is 0. The SMILES string of the molecule is CNC.COc1ccc(-c2cc(C(N)=O)c3[nH]c4cc(N5CCCC5)ccc4c3n2)cc1F. The van der Waals surface area contributed by atoms with Gasteiger partial charge in [-0.1, -0.05) is 0 Å². The Bertz CT molecular complexity index is 1310. The molecule has 3 heterocycles. The van der Waals surface area contributed by atoms with Crippen molar-refractivity contribution in [1.82, 2.24) is 15.3 Å². The van der Waals surface area contributed by atoms with E-state index in [1.165, 1.54) is 32.1 Å². The van der Waals surface area contributed by atoms with Crippen molar-refractivity contribution in [1.29, 1.82) is 0 Å². The molecule has 5 rings (SSSR count). The third-order valence-corrected chi connectivity index (χ3v) is 5.72. The van der Waals surface area contributed by atoms with E-state index in [4.69, 9.17) is 15.5 Å². The zero-order valence-electron chi connectivity index (χ0n) is 19.0. The average Bonchev–Trinajstić information content (AvgIpc) is 3.46. The number of benzene rings is 2. The second kappa shape index (κ2) is 9.46. The Balaban J connectivity index is 0.000000821. The van der Waals surface area contributed by atoms with E-state index in [9.17, 15) is 9.18 Å². The zero-order valence-corrected chi connectivity index (χ0v) is 19.0. The number of halogens is 1. The largest absolute Gasteiger partial charge is 0.494 e. The number of pyridine rings is 1. The number of amides is 1. The first-order valence-corrected chi connectivity index (χ1v) is 10.9. The van der Waals surface area contributed by atoms with E-state index in [2.05, 4.69) is 27.3 Å². The zero-order chi connectivity index (χ0) is 23.5. The topological polar surface area (TPSA) is 96.3 Å². The molecule has 1 saturated heterocycles. The lowest BCUT2D eigenvalue weighted by Gasteiger charge is -2.17. The minimum absolute atomic E-state index is 0.150. The predicted octanol–water partition coefficient (Wildman–Crippen LogP) is 4.07. The smallest absolute Gasteiger partial charge is 0.250 e. The fraction of sp³-hybridized carbons (Fsp3) is 0.280. The normalized spacial score (nSPS) is 13.3. The lowest BCUT2D eigenvalue weighted by molar-refractivity contribution is 0.100. The Morgan fingerprint density at radius 1 is 1.15 bits per heavy atom. The highest BCUT2D eigenvalue weighted by Gasteiger charge is 2.19. The minimum Gasteiger partial charge on any atom is -0.494 e. The number of aromatic nitrogens is 2. The van der Waals surface area contributed by atoms with Gasteiger partial charge in [-0.15, -0.1) is 0 Å². The third-order valence-electron chi connectivity index (χ3n) is 5.72. The number of carbonyl (C=O) groups is 1. The van der Waals surface area contributed by atoms with Gasteiger partial charge in [-0.25, -0.2) is 9.37 Å². The molecule has 8 heteroatoms. The number of carbonyl (C=O) groups excluding carboxylic acids is 1. The first kappa shape index (κ1) is 22.5. The second-order valence-corrected chi connectivity index (χ2v) is 8.04. The van der Waals surface area contributed by atoms with E-state index in [0.717, 1.165) is 29.7 Å². The minimum atomic E-state index is -0.566. The molecule has 2 aromatic heterocycles. The van der Waals surface area contributed by atoms with Gasteiger partial charge in [0.1, 0.15) is 0 Å². The second-order valence-electron chi connectivity index (χ2n) is 8.04. The average molecular weight is 450 g/mol. The molecule has 0 radical (unpaired) electrons. The molecule has 1 aliphatic rings. The van der Waals surface area contributed by atoms with Gasteiger partial charge in [0.25, 0.3) is 5.91 Å². The van der Waals surface area contributed by atoms with Gasteiger partial charge in [0, 0.05) is 29.7 Å². The molecule has 172 valence electrons. The standard InChI is InChI=1S/C23H21FN4O2.C2H7N/c1-30-20-7-4-13(10-17(20)24)18-12-16(23(25)29)22-21(26-18)15-6-5-14(11-19(15)27-22)28-8-2-3-9-28;1-3-2/h4-7,10-12,27H,2-3,8-9H2,1H3,(H2,25,29);3H,1-2H3. The Labute approximate surface area is 191 Å². The van der Waals surface area contributed by atoms with Crippen LogP contribution in [-0.2, 0) is 0 Å². The molecule has 4 N–H and O–H groups in total. The van der Waals surface area contributed by atoms with Gasteiger partial charge in [0.15, 0.2) is 11.6 Å². The van der Waals surface area contributed by atoms with Crippen molar-refractivity contribution in [2.24, 2.45) is 5.73 Å². The van der Waals surface area contributed by atoms with Crippen LogP contribution in [0, 0.1) is 5.82 Å². The molecule has 0 spiro atoms. The van der Waals surface area contributed by atoms with Gasteiger partial charge in [0.05, 0.1) is 34.9 Å². The van der Waals surface area contributed by atoms with Crippen LogP contribution in [0.2, 0.25) is 0 Å². The highest BCUT2D eigenvalue weighted by molar-refractivity contribution is 6.14. The predicted molar refractivity (Wildman–Crippen MR) is 130 cm³/mol. The van der Waals surface area contributed by atoms with Crippen molar-refractivity contribution < 1.29 is 13.9 Å². The Morgan fingerprint density at radius 3 is 2.52 bits per heavy atom. The molecule has 7 nitrogen and oxygen atoms in total. The van der Waals surface area contributed by atoms with Crippen molar-refractivity contribution in [2.75, 3.05) is 39.2 Å². The summed E-state index contributed by atoms with van der Waals surface area (Å²) < 4.78 is 19.2. The number of nitrogens with zero attached hydrogens (tertiary/aromatic N) is 2. The number of fused-ring (bicyclic) bond motifs is 3. The Hall–Kier alpha value is -3.65. The summed E-state index contributed by atoms with van der Waals surface area (Å²) in [6.45, 7) is 2.09. The van der Waals surface area contributed by atoms with Crippen molar-refractivity contribution in [2.45, 2.75) is 12.8 Å². The molecule has 1 aliphatic heterocycles. The van der Waals surface area contributed by atoms with E-state index in [1.54, 1.807) is 12.1 Å². The number of rotatable bonds is 4. The van der Waals surface area contributed by atoms with E-state index >= 15 is 0 Å². The number of aromatic amines is 1. The summed E-state index contributed by atoms with van der Waals surface area (Å²) in [5, 5.41) is 3.64. The first-order valence-electron chi connectivity index (χ1n) is 10.9. The van der Waals surface area contributed by atoms with Crippen LogP contribution in [0.15, 0.2) is 42.5 Å². The monoisotopic (exact) mass is 449 g/mol. The molecule has 1 amide bonds. The third kappa shape index (κ3) is 4.34. The molecule has 0 bridgehead atoms. The maximum absolute atomic E-state index is 14.2. The van der Waals surface area contributed by atoms with Crippen molar-refractivity contribution in [3.05, 3.63) is 53.8 Å². The maximum Gasteiger partial charge on any atom is 0.250 e. The number of ether oxygens (including phenoxy) is 1. The van der Waals surface area contributed by atoms with Crippen LogP contribution in [0.4, 0.5) is 10.1 Å². The number of hydrogen-bond acceptors (Lipinski definition) is 5. The summed E-state index contributed by atoms with van der Waals surface area (Å²) in [5.41, 5.74) is 10.3. The van der Waals surface area contributed by atoms with Crippen LogP contribution >= 0.6 is 0 Å². The molecule has 0 saturated carbocycles. The van der Waals surface area contributed by atoms with Crippen LogP contribution in [0.1, 0.15) is 23.2 Å². The maximum atomic E-state index is 14.2. The van der Waals surface area contributed by atoms with Crippen molar-refractivity contribution in [3.63, 3.8) is 0 Å². The summed E-state index contributed by atoms with van der Waals surface area (Å²) in [5.74, 6) is -0.910. The fourth-order valence-corrected chi connectivity index (χ4v) is 4.18. The van der Waals surface area contributed by atoms with Gasteiger partial charge >= 0.3 is 0 Å². The van der Waals surface area contributed by atoms with Gasteiger partial charge in [-0.2, -0.15) is 0 Å². The molecule has 33 heavy (non-hydrogen) atoms. The molecular weight excluding hydrogens is 421 g/mol. The van der Waals surface area contributed by atoms with Gasteiger partial charge in [-0.05, 0) is 69.4 Å². The Kier molecular flexibility index (Phi) is 6.46. The lowest BCUT2D eigenvalue weighted by atomic mass is 10.1. The van der Waals surface area contributed by atoms with Gasteiger partial charge < -0.3 is 25.7 Å². The molecule has 0 unspecified atom stereocenters. The molecule has 1 fully saturated rings. The van der Waals surface area contributed by atoms with Crippen LogP contribution in [0.3, 0.4) is 0 Å². The van der Waals surface area contributed by atoms with Crippen molar-refractivity contribution >= 4 is 33.5 Å². The molecule has 4 aromatic rings. The number of primary amides is 1. The Morgan fingerprint density at radius 2 is 1.88 bits per heavy atom. The molecule has 0 atom stereocenters. The first-order chi connectivity index (χ1) is 16.0. The number of hydrogen-bond donors (Lipinski definition) is 3. The van der Waals surface area contributed by atoms with E-state index in [0.29, 0.717) is 27.9 Å². The van der Waals surface area contributed by atoms with E-state index in [1.807, 2.05) is 20.2 Å². The number of anilines is 1. The van der Waals surface area contributed by atoms with Gasteiger partial charge in [-0.3, -0.25) is 4.79 Å². The highest BCUT2D eigenvalue weighted by atomic mass is 19.1. The number of methoxy groups -OCH3 is 1. The molecule has 0 aliphatic carbocycles. The highest BCUT2D eigenvalue weighted by Crippen LogP contribution is 2.33. The summed E-state index contributed by atoms with van der Waals surface area (Å²) in [6.07, 6.45) is 2.39. The quantitative estimate of drug-likeness (QED) is 0.437.